The van der Waals surface area contributed by atoms with E-state index in [1.54, 1.807) is 18.2 Å². The maximum absolute atomic E-state index is 13.8. The van der Waals surface area contributed by atoms with Gasteiger partial charge in [-0.15, -0.1) is 0 Å². The Morgan fingerprint density at radius 2 is 1.81 bits per heavy atom. The standard InChI is InChI=1S/C25H29FN4O2/c1-25(2,3)19-10-8-17(9-11-19)23-28-22(32-29-23)16-30-14-12-18(13-15-30)24(31)27-21-7-5-4-6-20(21)26/h4-11,18H,12-16H2,1-3H3,(H,27,31). The van der Waals surface area contributed by atoms with Gasteiger partial charge < -0.3 is 9.84 Å². The summed E-state index contributed by atoms with van der Waals surface area (Å²) in [5, 5.41) is 6.84. The van der Waals surface area contributed by atoms with Crippen molar-refractivity contribution in [2.45, 2.75) is 45.6 Å². The fourth-order valence-corrected chi connectivity index (χ4v) is 3.90. The fraction of sp³-hybridized carbons (Fsp3) is 0.400. The van der Waals surface area contributed by atoms with E-state index in [0.717, 1.165) is 18.7 Å². The third-order valence-corrected chi connectivity index (χ3v) is 5.93. The molecule has 32 heavy (non-hydrogen) atoms. The van der Waals surface area contributed by atoms with Crippen molar-refractivity contribution in [2.24, 2.45) is 5.92 Å². The third-order valence-electron chi connectivity index (χ3n) is 5.93. The summed E-state index contributed by atoms with van der Waals surface area (Å²) in [6.45, 7) is 8.58. The average molecular weight is 437 g/mol. The zero-order valence-electron chi connectivity index (χ0n) is 18.8. The number of amides is 1. The average Bonchev–Trinajstić information content (AvgIpc) is 3.24. The maximum Gasteiger partial charge on any atom is 0.241 e. The Bertz CT molecular complexity index is 1060. The fourth-order valence-electron chi connectivity index (χ4n) is 3.90. The lowest BCUT2D eigenvalue weighted by molar-refractivity contribution is -0.121. The van der Waals surface area contributed by atoms with E-state index in [2.05, 4.69) is 53.3 Å². The molecule has 0 bridgehead atoms. The van der Waals surface area contributed by atoms with Gasteiger partial charge in [0.1, 0.15) is 5.82 Å². The number of anilines is 1. The van der Waals surface area contributed by atoms with Gasteiger partial charge in [0, 0.05) is 11.5 Å². The van der Waals surface area contributed by atoms with Crippen LogP contribution in [0.3, 0.4) is 0 Å². The van der Waals surface area contributed by atoms with Crippen LogP contribution in [0.4, 0.5) is 10.1 Å². The lowest BCUT2D eigenvalue weighted by Crippen LogP contribution is -2.37. The van der Waals surface area contributed by atoms with Crippen molar-refractivity contribution < 1.29 is 13.7 Å². The van der Waals surface area contributed by atoms with Crippen molar-refractivity contribution >= 4 is 11.6 Å². The van der Waals surface area contributed by atoms with Crippen LogP contribution in [0.5, 0.6) is 0 Å². The molecule has 0 unspecified atom stereocenters. The molecule has 1 aliphatic heterocycles. The number of aromatic nitrogens is 2. The van der Waals surface area contributed by atoms with E-state index in [0.29, 0.717) is 31.1 Å². The highest BCUT2D eigenvalue weighted by Gasteiger charge is 2.26. The minimum atomic E-state index is -0.418. The Morgan fingerprint density at radius 3 is 2.47 bits per heavy atom. The quantitative estimate of drug-likeness (QED) is 0.608. The topological polar surface area (TPSA) is 71.3 Å². The number of piperidine rings is 1. The zero-order valence-corrected chi connectivity index (χ0v) is 18.8. The largest absolute Gasteiger partial charge is 0.338 e. The first-order valence-corrected chi connectivity index (χ1v) is 11.0. The van der Waals surface area contributed by atoms with Crippen LogP contribution in [-0.4, -0.2) is 34.0 Å². The van der Waals surface area contributed by atoms with Gasteiger partial charge in [-0.2, -0.15) is 4.98 Å². The molecule has 2 heterocycles. The number of likely N-dealkylation sites (tertiary alicyclic amines) is 1. The summed E-state index contributed by atoms with van der Waals surface area (Å²) in [6.07, 6.45) is 1.41. The highest BCUT2D eigenvalue weighted by atomic mass is 19.1. The number of nitrogens with one attached hydrogen (secondary N) is 1. The second-order valence-corrected chi connectivity index (χ2v) is 9.36. The zero-order chi connectivity index (χ0) is 22.7. The van der Waals surface area contributed by atoms with Crippen molar-refractivity contribution in [2.75, 3.05) is 18.4 Å². The summed E-state index contributed by atoms with van der Waals surface area (Å²) in [6, 6.07) is 14.5. The first-order chi connectivity index (χ1) is 15.3. The summed E-state index contributed by atoms with van der Waals surface area (Å²) in [7, 11) is 0. The minimum Gasteiger partial charge on any atom is -0.338 e. The molecule has 1 saturated heterocycles. The molecular weight excluding hydrogens is 407 g/mol. The molecule has 1 aliphatic rings. The number of carbonyl (C=O) groups is 1. The number of nitrogens with zero attached hydrogens (tertiary/aromatic N) is 3. The first kappa shape index (κ1) is 22.1. The highest BCUT2D eigenvalue weighted by Crippen LogP contribution is 2.26. The molecule has 1 amide bonds. The van der Waals surface area contributed by atoms with Gasteiger partial charge in [0.15, 0.2) is 0 Å². The minimum absolute atomic E-state index is 0.0965. The number of hydrogen-bond donors (Lipinski definition) is 1. The Balaban J connectivity index is 1.30. The van der Waals surface area contributed by atoms with E-state index in [1.165, 1.54) is 11.6 Å². The molecule has 4 rings (SSSR count). The van der Waals surface area contributed by atoms with Gasteiger partial charge in [0.25, 0.3) is 0 Å². The molecule has 3 aromatic rings. The molecule has 1 aromatic heterocycles. The van der Waals surface area contributed by atoms with Crippen LogP contribution in [-0.2, 0) is 16.8 Å². The molecule has 0 atom stereocenters. The number of carbonyl (C=O) groups excluding carboxylic acids is 1. The van der Waals surface area contributed by atoms with Crippen molar-refractivity contribution in [3.8, 4) is 11.4 Å². The number of benzene rings is 2. The normalized spacial score (nSPS) is 15.6. The number of para-hydroxylation sites is 1. The molecular formula is C25H29FN4O2. The Labute approximate surface area is 187 Å². The summed E-state index contributed by atoms with van der Waals surface area (Å²) in [5.74, 6) is 0.464. The predicted molar refractivity (Wildman–Crippen MR) is 121 cm³/mol. The molecule has 7 heteroatoms. The van der Waals surface area contributed by atoms with Crippen LogP contribution in [0.2, 0.25) is 0 Å². The molecule has 0 aliphatic carbocycles. The molecule has 0 saturated carbocycles. The van der Waals surface area contributed by atoms with Crippen LogP contribution in [0, 0.1) is 11.7 Å². The third kappa shape index (κ3) is 5.22. The van der Waals surface area contributed by atoms with Gasteiger partial charge in [-0.25, -0.2) is 4.39 Å². The van der Waals surface area contributed by atoms with Gasteiger partial charge in [-0.1, -0.05) is 62.3 Å². The second-order valence-electron chi connectivity index (χ2n) is 9.36. The van der Waals surface area contributed by atoms with E-state index in [1.807, 2.05) is 12.1 Å². The van der Waals surface area contributed by atoms with Gasteiger partial charge in [0.2, 0.25) is 17.6 Å². The highest BCUT2D eigenvalue weighted by molar-refractivity contribution is 5.92. The number of halogens is 1. The van der Waals surface area contributed by atoms with Crippen LogP contribution in [0.1, 0.15) is 45.1 Å². The Morgan fingerprint density at radius 1 is 1.12 bits per heavy atom. The van der Waals surface area contributed by atoms with Gasteiger partial charge >= 0.3 is 0 Å². The smallest absolute Gasteiger partial charge is 0.241 e. The van der Waals surface area contributed by atoms with Crippen molar-refractivity contribution in [1.82, 2.24) is 15.0 Å². The van der Waals surface area contributed by atoms with E-state index in [9.17, 15) is 9.18 Å². The van der Waals surface area contributed by atoms with Crippen LogP contribution in [0.15, 0.2) is 53.1 Å². The molecule has 0 spiro atoms. The summed E-state index contributed by atoms with van der Waals surface area (Å²) >= 11 is 0. The van der Waals surface area contributed by atoms with E-state index in [4.69, 9.17) is 4.52 Å². The van der Waals surface area contributed by atoms with Gasteiger partial charge in [-0.05, 0) is 49.0 Å². The predicted octanol–water partition coefficient (Wildman–Crippen LogP) is 5.02. The van der Waals surface area contributed by atoms with Crippen molar-refractivity contribution in [3.63, 3.8) is 0 Å². The van der Waals surface area contributed by atoms with Crippen LogP contribution >= 0.6 is 0 Å². The van der Waals surface area contributed by atoms with Crippen LogP contribution in [0.25, 0.3) is 11.4 Å². The lowest BCUT2D eigenvalue weighted by Gasteiger charge is -2.30. The molecule has 2 aromatic carbocycles. The lowest BCUT2D eigenvalue weighted by atomic mass is 9.87. The summed E-state index contributed by atoms with van der Waals surface area (Å²) in [4.78, 5) is 19.2. The SMILES string of the molecule is CC(C)(C)c1ccc(-c2noc(CN3CCC(C(=O)Nc4ccccc4F)CC3)n2)cc1. The van der Waals surface area contributed by atoms with E-state index >= 15 is 0 Å². The monoisotopic (exact) mass is 436 g/mol. The number of rotatable bonds is 5. The van der Waals surface area contributed by atoms with Gasteiger partial charge in [-0.3, -0.25) is 9.69 Å². The van der Waals surface area contributed by atoms with Crippen molar-refractivity contribution in [1.29, 1.82) is 0 Å². The maximum atomic E-state index is 13.8. The molecule has 168 valence electrons. The molecule has 6 nitrogen and oxygen atoms in total. The number of hydrogen-bond acceptors (Lipinski definition) is 5. The second kappa shape index (κ2) is 9.20. The van der Waals surface area contributed by atoms with Crippen molar-refractivity contribution in [3.05, 3.63) is 65.8 Å². The Hall–Kier alpha value is -3.06. The summed E-state index contributed by atoms with van der Waals surface area (Å²) in [5.41, 5.74) is 2.51. The molecule has 1 N–H and O–H groups in total. The molecule has 0 radical (unpaired) electrons. The van der Waals surface area contributed by atoms with E-state index < -0.39 is 5.82 Å². The molecule has 1 fully saturated rings. The van der Waals surface area contributed by atoms with Gasteiger partial charge in [0.05, 0.1) is 12.2 Å². The first-order valence-electron chi connectivity index (χ1n) is 11.0. The Kier molecular flexibility index (Phi) is 6.37. The van der Waals surface area contributed by atoms with E-state index in [-0.39, 0.29) is 22.9 Å². The summed E-state index contributed by atoms with van der Waals surface area (Å²) < 4.78 is 19.2. The van der Waals surface area contributed by atoms with Crippen LogP contribution < -0.4 is 5.32 Å².